The summed E-state index contributed by atoms with van der Waals surface area (Å²) in [7, 11) is 0. The number of carbonyl (C=O) groups excluding carboxylic acids is 1. The summed E-state index contributed by atoms with van der Waals surface area (Å²) in [5.74, 6) is -0.300. The second-order valence-electron chi connectivity index (χ2n) is 4.56. The first kappa shape index (κ1) is 13.8. The van der Waals surface area contributed by atoms with Crippen molar-refractivity contribution in [3.8, 4) is 0 Å². The summed E-state index contributed by atoms with van der Waals surface area (Å²) in [6.07, 6.45) is 1.45. The summed E-state index contributed by atoms with van der Waals surface area (Å²) in [6.45, 7) is 3.61. The fraction of sp³-hybridized carbons (Fsp3) is 0.214. The first-order valence-electron chi connectivity index (χ1n) is 6.16. The molecular formula is C14H16N4O2. The van der Waals surface area contributed by atoms with Crippen molar-refractivity contribution in [2.24, 2.45) is 0 Å². The molecule has 0 aromatic carbocycles. The monoisotopic (exact) mass is 272 g/mol. The van der Waals surface area contributed by atoms with E-state index in [-0.39, 0.29) is 18.0 Å². The smallest absolute Gasteiger partial charge is 0.251 e. The third kappa shape index (κ3) is 3.23. The lowest BCUT2D eigenvalue weighted by Gasteiger charge is -2.10. The fourth-order valence-electron chi connectivity index (χ4n) is 1.84. The van der Waals surface area contributed by atoms with E-state index in [0.717, 1.165) is 11.4 Å². The van der Waals surface area contributed by atoms with Gasteiger partial charge >= 0.3 is 0 Å². The molecule has 6 heteroatoms. The molecule has 2 aromatic rings. The van der Waals surface area contributed by atoms with E-state index in [1.165, 1.54) is 22.9 Å². The van der Waals surface area contributed by atoms with Gasteiger partial charge in [0.2, 0.25) is 5.91 Å². The van der Waals surface area contributed by atoms with Crippen LogP contribution in [-0.4, -0.2) is 15.5 Å². The van der Waals surface area contributed by atoms with Crippen molar-refractivity contribution < 1.29 is 4.79 Å². The first-order valence-corrected chi connectivity index (χ1v) is 6.16. The second-order valence-corrected chi connectivity index (χ2v) is 4.56. The van der Waals surface area contributed by atoms with Gasteiger partial charge in [0.1, 0.15) is 6.54 Å². The molecule has 104 valence electrons. The average molecular weight is 272 g/mol. The summed E-state index contributed by atoms with van der Waals surface area (Å²) in [5.41, 5.74) is 8.01. The predicted molar refractivity (Wildman–Crippen MR) is 77.5 cm³/mol. The Labute approximate surface area is 116 Å². The fourth-order valence-corrected chi connectivity index (χ4v) is 1.84. The zero-order chi connectivity index (χ0) is 14.7. The molecule has 2 rings (SSSR count). The van der Waals surface area contributed by atoms with Gasteiger partial charge in [-0.25, -0.2) is 0 Å². The van der Waals surface area contributed by atoms with E-state index in [1.807, 2.05) is 19.9 Å². The number of aryl methyl sites for hydroxylation is 2. The van der Waals surface area contributed by atoms with Crippen LogP contribution in [0.15, 0.2) is 35.3 Å². The molecule has 0 atom stereocenters. The van der Waals surface area contributed by atoms with Crippen molar-refractivity contribution >= 4 is 17.3 Å². The maximum Gasteiger partial charge on any atom is 0.251 e. The topological polar surface area (TPSA) is 90.0 Å². The lowest BCUT2D eigenvalue weighted by molar-refractivity contribution is -0.116. The van der Waals surface area contributed by atoms with E-state index >= 15 is 0 Å². The van der Waals surface area contributed by atoms with Crippen LogP contribution in [-0.2, 0) is 11.3 Å². The molecule has 2 aromatic heterocycles. The molecule has 0 saturated carbocycles. The number of nitrogens with two attached hydrogens (primary N) is 1. The highest BCUT2D eigenvalue weighted by molar-refractivity contribution is 5.91. The average Bonchev–Trinajstić information content (AvgIpc) is 2.37. The molecule has 0 spiro atoms. The number of hydrogen-bond donors (Lipinski definition) is 2. The van der Waals surface area contributed by atoms with Crippen molar-refractivity contribution in [3.63, 3.8) is 0 Å². The number of rotatable bonds is 3. The van der Waals surface area contributed by atoms with Gasteiger partial charge in [-0.3, -0.25) is 14.6 Å². The standard InChI is InChI=1S/C14H16N4O2/c1-9-3-5-12(10(2)16-9)17-13(19)8-18-7-11(15)4-6-14(18)20/h3-7H,8,15H2,1-2H3,(H,17,19). The van der Waals surface area contributed by atoms with Crippen LogP contribution in [0.25, 0.3) is 0 Å². The Kier molecular flexibility index (Phi) is 3.84. The molecule has 0 aliphatic rings. The van der Waals surface area contributed by atoms with E-state index < -0.39 is 0 Å². The summed E-state index contributed by atoms with van der Waals surface area (Å²) in [6, 6.07) is 6.44. The molecular weight excluding hydrogens is 256 g/mol. The Morgan fingerprint density at radius 3 is 2.75 bits per heavy atom. The zero-order valence-electron chi connectivity index (χ0n) is 11.4. The predicted octanol–water partition coefficient (Wildman–Crippen LogP) is 1.08. The largest absolute Gasteiger partial charge is 0.398 e. The molecule has 0 radical (unpaired) electrons. The SMILES string of the molecule is Cc1ccc(NC(=O)Cn2cc(N)ccc2=O)c(C)n1. The van der Waals surface area contributed by atoms with Gasteiger partial charge in [0, 0.05) is 23.6 Å². The van der Waals surface area contributed by atoms with Gasteiger partial charge < -0.3 is 15.6 Å². The van der Waals surface area contributed by atoms with E-state index in [1.54, 1.807) is 6.07 Å². The number of nitrogen functional groups attached to an aromatic ring is 1. The molecule has 1 amide bonds. The van der Waals surface area contributed by atoms with Crippen LogP contribution >= 0.6 is 0 Å². The van der Waals surface area contributed by atoms with E-state index in [4.69, 9.17) is 5.73 Å². The Morgan fingerprint density at radius 2 is 2.05 bits per heavy atom. The number of pyridine rings is 2. The van der Waals surface area contributed by atoms with Crippen molar-refractivity contribution in [3.05, 3.63) is 52.2 Å². The van der Waals surface area contributed by atoms with E-state index in [9.17, 15) is 9.59 Å². The molecule has 0 aliphatic carbocycles. The molecule has 0 aliphatic heterocycles. The van der Waals surface area contributed by atoms with Crippen molar-refractivity contribution in [1.29, 1.82) is 0 Å². The minimum Gasteiger partial charge on any atom is -0.398 e. The van der Waals surface area contributed by atoms with Crippen LogP contribution in [0, 0.1) is 13.8 Å². The van der Waals surface area contributed by atoms with Gasteiger partial charge in [-0.1, -0.05) is 0 Å². The summed E-state index contributed by atoms with van der Waals surface area (Å²) < 4.78 is 1.27. The third-order valence-electron chi connectivity index (χ3n) is 2.82. The Hall–Kier alpha value is -2.63. The Bertz CT molecular complexity index is 707. The molecule has 0 bridgehead atoms. The normalized spacial score (nSPS) is 10.3. The highest BCUT2D eigenvalue weighted by atomic mass is 16.2. The van der Waals surface area contributed by atoms with Crippen LogP contribution in [0.3, 0.4) is 0 Å². The lowest BCUT2D eigenvalue weighted by atomic mass is 10.2. The molecule has 2 heterocycles. The van der Waals surface area contributed by atoms with Gasteiger partial charge in [-0.15, -0.1) is 0 Å². The number of anilines is 2. The number of amides is 1. The molecule has 3 N–H and O–H groups in total. The highest BCUT2D eigenvalue weighted by Crippen LogP contribution is 2.12. The molecule has 0 fully saturated rings. The van der Waals surface area contributed by atoms with Gasteiger partial charge in [-0.2, -0.15) is 0 Å². The van der Waals surface area contributed by atoms with Gasteiger partial charge in [0.05, 0.1) is 11.4 Å². The van der Waals surface area contributed by atoms with Gasteiger partial charge in [0.15, 0.2) is 0 Å². The summed E-state index contributed by atoms with van der Waals surface area (Å²) in [5, 5.41) is 2.73. The van der Waals surface area contributed by atoms with Crippen molar-refractivity contribution in [1.82, 2.24) is 9.55 Å². The molecule has 0 unspecified atom stereocenters. The van der Waals surface area contributed by atoms with Crippen LogP contribution < -0.4 is 16.6 Å². The molecule has 0 saturated heterocycles. The highest BCUT2D eigenvalue weighted by Gasteiger charge is 2.07. The van der Waals surface area contributed by atoms with Crippen LogP contribution in [0.4, 0.5) is 11.4 Å². The number of carbonyl (C=O) groups is 1. The molecule has 20 heavy (non-hydrogen) atoms. The number of hydrogen-bond acceptors (Lipinski definition) is 4. The number of nitrogens with zero attached hydrogens (tertiary/aromatic N) is 2. The van der Waals surface area contributed by atoms with Crippen LogP contribution in [0.2, 0.25) is 0 Å². The number of nitrogens with one attached hydrogen (secondary N) is 1. The van der Waals surface area contributed by atoms with Gasteiger partial charge in [0.25, 0.3) is 5.56 Å². The quantitative estimate of drug-likeness (QED) is 0.874. The number of aromatic nitrogens is 2. The van der Waals surface area contributed by atoms with Crippen molar-refractivity contribution in [2.75, 3.05) is 11.1 Å². The van der Waals surface area contributed by atoms with E-state index in [0.29, 0.717) is 11.4 Å². The second kappa shape index (κ2) is 5.56. The lowest BCUT2D eigenvalue weighted by Crippen LogP contribution is -2.27. The van der Waals surface area contributed by atoms with Gasteiger partial charge in [-0.05, 0) is 32.0 Å². The summed E-state index contributed by atoms with van der Waals surface area (Å²) in [4.78, 5) is 27.8. The Morgan fingerprint density at radius 1 is 1.30 bits per heavy atom. The minimum atomic E-state index is -0.300. The minimum absolute atomic E-state index is 0.0861. The third-order valence-corrected chi connectivity index (χ3v) is 2.82. The van der Waals surface area contributed by atoms with Crippen LogP contribution in [0.5, 0.6) is 0 Å². The summed E-state index contributed by atoms with van der Waals surface area (Å²) >= 11 is 0. The maximum absolute atomic E-state index is 11.9. The molecule has 6 nitrogen and oxygen atoms in total. The zero-order valence-corrected chi connectivity index (χ0v) is 11.4. The van der Waals surface area contributed by atoms with Crippen molar-refractivity contribution in [2.45, 2.75) is 20.4 Å². The van der Waals surface area contributed by atoms with E-state index in [2.05, 4.69) is 10.3 Å². The first-order chi connectivity index (χ1) is 9.45. The maximum atomic E-state index is 11.9. The van der Waals surface area contributed by atoms with Crippen LogP contribution in [0.1, 0.15) is 11.4 Å². The Balaban J connectivity index is 2.13.